The topological polar surface area (TPSA) is 15.3 Å². The lowest BCUT2D eigenvalue weighted by Crippen LogP contribution is -2.42. The van der Waals surface area contributed by atoms with E-state index in [1.165, 1.54) is 0 Å². The van der Waals surface area contributed by atoms with E-state index in [0.29, 0.717) is 12.1 Å². The number of rotatable bonds is 2. The molecule has 0 aromatic rings. The van der Waals surface area contributed by atoms with Crippen molar-refractivity contribution >= 4 is 0 Å². The third kappa shape index (κ3) is 3.04. The van der Waals surface area contributed by atoms with Crippen molar-refractivity contribution < 1.29 is 0 Å². The molecule has 1 N–H and O–H groups in total. The Hall–Kier alpha value is -1.02. The zero-order valence-electron chi connectivity index (χ0n) is 9.27. The van der Waals surface area contributed by atoms with Crippen LogP contribution in [-0.4, -0.2) is 30.6 Å². The molecular formula is C12H20N2. The van der Waals surface area contributed by atoms with Crippen LogP contribution in [0, 0.1) is 0 Å². The quantitative estimate of drug-likeness (QED) is 0.672. The van der Waals surface area contributed by atoms with E-state index in [4.69, 9.17) is 0 Å². The van der Waals surface area contributed by atoms with Crippen LogP contribution in [0.25, 0.3) is 0 Å². The summed E-state index contributed by atoms with van der Waals surface area (Å²) in [5.74, 6) is 0. The number of nitrogens with zero attached hydrogens (tertiary/aromatic N) is 1. The number of hydrogen-bond donors (Lipinski definition) is 1. The fraction of sp³-hybridized carbons (Fsp3) is 0.500. The van der Waals surface area contributed by atoms with E-state index in [0.717, 1.165) is 6.54 Å². The lowest BCUT2D eigenvalue weighted by Gasteiger charge is -2.27. The van der Waals surface area contributed by atoms with Gasteiger partial charge in [-0.25, -0.2) is 0 Å². The first-order chi connectivity index (χ1) is 6.75. The highest BCUT2D eigenvalue weighted by Crippen LogP contribution is 2.06. The van der Waals surface area contributed by atoms with Gasteiger partial charge in [0.15, 0.2) is 0 Å². The maximum absolute atomic E-state index is 3.38. The minimum Gasteiger partial charge on any atom is -0.383 e. The molecule has 1 aliphatic rings. The number of hydrogen-bond acceptors (Lipinski definition) is 2. The molecule has 0 aromatic carbocycles. The first-order valence-corrected chi connectivity index (χ1v) is 5.16. The third-order valence-electron chi connectivity index (χ3n) is 2.64. The molecule has 0 bridgehead atoms. The second-order valence-corrected chi connectivity index (χ2v) is 3.69. The van der Waals surface area contributed by atoms with Crippen LogP contribution in [-0.2, 0) is 0 Å². The maximum Gasteiger partial charge on any atom is 0.0594 e. The molecule has 0 saturated heterocycles. The Labute approximate surface area is 87.0 Å². The Morgan fingerprint density at radius 3 is 2.93 bits per heavy atom. The standard InChI is InChI=1S/C12H20N2/c1-4-5-6-8-12-11(2)14(3)10-7-9-13-12/h4-9,11-13H,10H2,1-3H3/b5-4+,8-6-. The van der Waals surface area contributed by atoms with Crippen molar-refractivity contribution in [3.63, 3.8) is 0 Å². The van der Waals surface area contributed by atoms with Crippen LogP contribution in [0.5, 0.6) is 0 Å². The molecule has 2 nitrogen and oxygen atoms in total. The van der Waals surface area contributed by atoms with Crippen LogP contribution >= 0.6 is 0 Å². The minimum atomic E-state index is 0.398. The van der Waals surface area contributed by atoms with Crippen molar-refractivity contribution in [3.05, 3.63) is 36.6 Å². The Bertz CT molecular complexity index is 241. The summed E-state index contributed by atoms with van der Waals surface area (Å²) < 4.78 is 0. The molecular weight excluding hydrogens is 172 g/mol. The van der Waals surface area contributed by atoms with E-state index in [1.807, 2.05) is 19.2 Å². The van der Waals surface area contributed by atoms with E-state index < -0.39 is 0 Å². The molecule has 0 radical (unpaired) electrons. The van der Waals surface area contributed by atoms with Crippen molar-refractivity contribution in [2.45, 2.75) is 25.9 Å². The minimum absolute atomic E-state index is 0.398. The summed E-state index contributed by atoms with van der Waals surface area (Å²) in [6.45, 7) is 5.28. The molecule has 0 amide bonds. The molecule has 1 aliphatic heterocycles. The molecule has 0 aliphatic carbocycles. The van der Waals surface area contributed by atoms with Crippen molar-refractivity contribution in [1.82, 2.24) is 10.2 Å². The highest BCUT2D eigenvalue weighted by atomic mass is 15.2. The van der Waals surface area contributed by atoms with E-state index >= 15 is 0 Å². The highest BCUT2D eigenvalue weighted by molar-refractivity contribution is 5.10. The number of nitrogens with one attached hydrogen (secondary N) is 1. The zero-order valence-corrected chi connectivity index (χ0v) is 9.27. The van der Waals surface area contributed by atoms with Gasteiger partial charge in [-0.3, -0.25) is 4.90 Å². The molecule has 0 spiro atoms. The number of allylic oxidation sites excluding steroid dienone is 3. The van der Waals surface area contributed by atoms with Gasteiger partial charge in [0, 0.05) is 12.6 Å². The van der Waals surface area contributed by atoms with Crippen LogP contribution in [0.1, 0.15) is 13.8 Å². The van der Waals surface area contributed by atoms with Crippen molar-refractivity contribution in [1.29, 1.82) is 0 Å². The van der Waals surface area contributed by atoms with Crippen LogP contribution in [0.3, 0.4) is 0 Å². The lowest BCUT2D eigenvalue weighted by molar-refractivity contribution is 0.263. The Morgan fingerprint density at radius 1 is 1.43 bits per heavy atom. The largest absolute Gasteiger partial charge is 0.383 e. The van der Waals surface area contributed by atoms with Crippen LogP contribution in [0.4, 0.5) is 0 Å². The molecule has 2 unspecified atom stereocenters. The third-order valence-corrected chi connectivity index (χ3v) is 2.64. The summed E-state index contributed by atoms with van der Waals surface area (Å²) in [6.07, 6.45) is 12.6. The Morgan fingerprint density at radius 2 is 2.21 bits per heavy atom. The predicted octanol–water partition coefficient (Wildman–Crippen LogP) is 1.92. The average Bonchev–Trinajstić information content (AvgIpc) is 2.33. The average molecular weight is 192 g/mol. The zero-order chi connectivity index (χ0) is 10.4. The fourth-order valence-electron chi connectivity index (χ4n) is 1.49. The van der Waals surface area contributed by atoms with Gasteiger partial charge in [-0.1, -0.05) is 30.4 Å². The SMILES string of the molecule is C/C=C/C=C\C1NC=CCN(C)C1C. The predicted molar refractivity (Wildman–Crippen MR) is 62.1 cm³/mol. The van der Waals surface area contributed by atoms with Crippen molar-refractivity contribution in [3.8, 4) is 0 Å². The van der Waals surface area contributed by atoms with Gasteiger partial charge in [0.1, 0.15) is 0 Å². The lowest BCUT2D eigenvalue weighted by atomic mass is 10.1. The van der Waals surface area contributed by atoms with Crippen LogP contribution < -0.4 is 5.32 Å². The van der Waals surface area contributed by atoms with Gasteiger partial charge in [0.25, 0.3) is 0 Å². The van der Waals surface area contributed by atoms with E-state index in [-0.39, 0.29) is 0 Å². The summed E-state index contributed by atoms with van der Waals surface area (Å²) in [5.41, 5.74) is 0. The molecule has 1 heterocycles. The van der Waals surface area contributed by atoms with Gasteiger partial charge in [0.05, 0.1) is 6.04 Å². The summed E-state index contributed by atoms with van der Waals surface area (Å²) in [7, 11) is 2.15. The molecule has 0 fully saturated rings. The molecule has 78 valence electrons. The monoisotopic (exact) mass is 192 g/mol. The van der Waals surface area contributed by atoms with Gasteiger partial charge in [0.2, 0.25) is 0 Å². The second kappa shape index (κ2) is 5.66. The van der Waals surface area contributed by atoms with Crippen molar-refractivity contribution in [2.75, 3.05) is 13.6 Å². The summed E-state index contributed by atoms with van der Waals surface area (Å²) in [4.78, 5) is 2.33. The number of likely N-dealkylation sites (N-methyl/N-ethyl adjacent to an activating group) is 1. The van der Waals surface area contributed by atoms with E-state index in [1.54, 1.807) is 0 Å². The normalized spacial score (nSPS) is 29.6. The smallest absolute Gasteiger partial charge is 0.0594 e. The second-order valence-electron chi connectivity index (χ2n) is 3.69. The molecule has 2 atom stereocenters. The van der Waals surface area contributed by atoms with Crippen LogP contribution in [0.15, 0.2) is 36.6 Å². The van der Waals surface area contributed by atoms with E-state index in [9.17, 15) is 0 Å². The maximum atomic E-state index is 3.38. The fourth-order valence-corrected chi connectivity index (χ4v) is 1.49. The molecule has 0 aromatic heterocycles. The summed E-state index contributed by atoms with van der Waals surface area (Å²) in [5, 5.41) is 3.38. The van der Waals surface area contributed by atoms with Gasteiger partial charge >= 0.3 is 0 Å². The molecule has 2 heteroatoms. The highest BCUT2D eigenvalue weighted by Gasteiger charge is 2.18. The van der Waals surface area contributed by atoms with Gasteiger partial charge in [-0.15, -0.1) is 0 Å². The first kappa shape index (κ1) is 11.1. The summed E-state index contributed by atoms with van der Waals surface area (Å²) >= 11 is 0. The Kier molecular flexibility index (Phi) is 4.47. The first-order valence-electron chi connectivity index (χ1n) is 5.16. The molecule has 1 rings (SSSR count). The van der Waals surface area contributed by atoms with Gasteiger partial charge in [-0.05, 0) is 27.1 Å². The van der Waals surface area contributed by atoms with E-state index in [2.05, 4.69) is 48.5 Å². The van der Waals surface area contributed by atoms with Gasteiger partial charge in [-0.2, -0.15) is 0 Å². The van der Waals surface area contributed by atoms with Crippen LogP contribution in [0.2, 0.25) is 0 Å². The van der Waals surface area contributed by atoms with Gasteiger partial charge < -0.3 is 5.32 Å². The van der Waals surface area contributed by atoms with Crippen molar-refractivity contribution in [2.24, 2.45) is 0 Å². The molecule has 14 heavy (non-hydrogen) atoms. The summed E-state index contributed by atoms with van der Waals surface area (Å²) in [6, 6.07) is 0.918. The Balaban J connectivity index is 2.61. The molecule has 0 saturated carbocycles.